The summed E-state index contributed by atoms with van der Waals surface area (Å²) >= 11 is 0. The minimum atomic E-state index is -0.397. The first-order valence-electron chi connectivity index (χ1n) is 10.4. The number of rotatable bonds is 5. The highest BCUT2D eigenvalue weighted by molar-refractivity contribution is 5.89. The molecule has 2 amide bonds. The predicted octanol–water partition coefficient (Wildman–Crippen LogP) is 2.35. The molecule has 1 aliphatic rings. The molecule has 1 aliphatic heterocycles. The molecule has 0 radical (unpaired) electrons. The van der Waals surface area contributed by atoms with E-state index in [1.54, 1.807) is 12.1 Å². The number of hydrogen-bond donors (Lipinski definition) is 4. The maximum absolute atomic E-state index is 13.4. The monoisotopic (exact) mass is 436 g/mol. The van der Waals surface area contributed by atoms with E-state index in [1.165, 1.54) is 29.2 Å². The van der Waals surface area contributed by atoms with E-state index in [-0.39, 0.29) is 6.03 Å². The second-order valence-corrected chi connectivity index (χ2v) is 7.67. The second kappa shape index (κ2) is 8.87. The number of H-pyrrole nitrogens is 2. The third-order valence-corrected chi connectivity index (χ3v) is 5.34. The van der Waals surface area contributed by atoms with Crippen LogP contribution in [0.1, 0.15) is 5.56 Å². The van der Waals surface area contributed by atoms with Crippen molar-refractivity contribution in [3.05, 3.63) is 60.0 Å². The summed E-state index contributed by atoms with van der Waals surface area (Å²) in [7, 11) is 0. The van der Waals surface area contributed by atoms with Gasteiger partial charge in [-0.2, -0.15) is 5.10 Å². The molecule has 10 heteroatoms. The van der Waals surface area contributed by atoms with Crippen LogP contribution in [0.2, 0.25) is 0 Å². The molecule has 2 aromatic heterocycles. The number of halogens is 1. The molecule has 1 fully saturated rings. The number of anilines is 1. The van der Waals surface area contributed by atoms with Crippen LogP contribution in [-0.4, -0.2) is 57.4 Å². The van der Waals surface area contributed by atoms with E-state index in [1.807, 2.05) is 6.07 Å². The quantitative estimate of drug-likeness (QED) is 0.359. The molecule has 164 valence electrons. The van der Waals surface area contributed by atoms with Crippen molar-refractivity contribution in [3.63, 3.8) is 0 Å². The van der Waals surface area contributed by atoms with Gasteiger partial charge in [0.05, 0.1) is 36.1 Å². The third-order valence-electron chi connectivity index (χ3n) is 5.34. The van der Waals surface area contributed by atoms with Crippen molar-refractivity contribution in [2.45, 2.75) is 6.54 Å². The number of amides is 2. The maximum Gasteiger partial charge on any atom is 0.422 e. The van der Waals surface area contributed by atoms with Gasteiger partial charge in [0.25, 0.3) is 0 Å². The average molecular weight is 436 g/mol. The Bertz CT molecular complexity index is 1250. The highest BCUT2D eigenvalue weighted by Crippen LogP contribution is 2.26. The fourth-order valence-electron chi connectivity index (χ4n) is 3.77. The van der Waals surface area contributed by atoms with Crippen LogP contribution < -0.4 is 10.6 Å². The Labute approximate surface area is 183 Å². The van der Waals surface area contributed by atoms with Crippen LogP contribution in [0.15, 0.2) is 48.7 Å². The van der Waals surface area contributed by atoms with Crippen molar-refractivity contribution in [3.8, 4) is 11.5 Å². The molecule has 9 nitrogen and oxygen atoms in total. The number of carbonyl (C=O) groups excluding carboxylic acids is 1. The lowest BCUT2D eigenvalue weighted by atomic mass is 10.2. The van der Waals surface area contributed by atoms with Crippen molar-refractivity contribution < 1.29 is 19.2 Å². The molecule has 0 aliphatic carbocycles. The van der Waals surface area contributed by atoms with Gasteiger partial charge in [-0.1, -0.05) is 12.1 Å². The number of nitrogens with two attached hydrogens (primary N) is 1. The molecule has 0 bridgehead atoms. The van der Waals surface area contributed by atoms with Crippen LogP contribution in [0.5, 0.6) is 0 Å². The van der Waals surface area contributed by atoms with Gasteiger partial charge in [0.15, 0.2) is 5.82 Å². The summed E-state index contributed by atoms with van der Waals surface area (Å²) in [5, 5.41) is 11.0. The number of imidazole rings is 1. The fraction of sp³-hybridized carbons (Fsp3) is 0.227. The largest absolute Gasteiger partial charge is 0.422 e. The summed E-state index contributed by atoms with van der Waals surface area (Å²) in [5.74, 6) is 0.174. The normalized spacial score (nSPS) is 14.7. The number of nitrogens with one attached hydrogen (secondary N) is 3. The molecule has 4 aromatic rings. The number of ether oxygens (including phenoxy) is 1. The molecule has 32 heavy (non-hydrogen) atoms. The smallest absolute Gasteiger partial charge is 0.379 e. The van der Waals surface area contributed by atoms with Crippen molar-refractivity contribution in [2.75, 3.05) is 31.6 Å². The number of benzene rings is 2. The fourth-order valence-corrected chi connectivity index (χ4v) is 3.77. The van der Waals surface area contributed by atoms with Crippen molar-refractivity contribution in [1.29, 1.82) is 0 Å². The van der Waals surface area contributed by atoms with Crippen molar-refractivity contribution in [1.82, 2.24) is 25.1 Å². The van der Waals surface area contributed by atoms with Crippen LogP contribution in [0.3, 0.4) is 0 Å². The van der Waals surface area contributed by atoms with E-state index in [9.17, 15) is 9.18 Å². The first kappa shape index (κ1) is 20.3. The molecule has 0 saturated carbocycles. The van der Waals surface area contributed by atoms with Gasteiger partial charge in [-0.05, 0) is 29.8 Å². The van der Waals surface area contributed by atoms with Gasteiger partial charge in [-0.25, -0.2) is 19.5 Å². The highest BCUT2D eigenvalue weighted by Gasteiger charge is 2.17. The summed E-state index contributed by atoms with van der Waals surface area (Å²) in [6, 6.07) is 11.6. The van der Waals surface area contributed by atoms with E-state index < -0.39 is 5.82 Å². The van der Waals surface area contributed by atoms with Gasteiger partial charge in [0, 0.05) is 25.7 Å². The van der Waals surface area contributed by atoms with Gasteiger partial charge >= 0.3 is 6.03 Å². The average Bonchev–Trinajstić information content (AvgIpc) is 3.40. The SMILES string of the molecule is O=C(Nc1cn[nH]c1-c1nc2ccc(CN3CCOCC3)cc2[nH]1)[NH2+]c1cccc(F)c1. The van der Waals surface area contributed by atoms with Crippen LogP contribution in [0, 0.1) is 5.82 Å². The van der Waals surface area contributed by atoms with Crippen LogP contribution in [0.4, 0.5) is 20.6 Å². The lowest BCUT2D eigenvalue weighted by Crippen LogP contribution is -2.83. The molecule has 0 unspecified atom stereocenters. The Morgan fingerprint density at radius 1 is 1.22 bits per heavy atom. The van der Waals surface area contributed by atoms with Crippen molar-refractivity contribution >= 4 is 28.4 Å². The number of aromatic nitrogens is 4. The third kappa shape index (κ3) is 4.52. The Hall–Kier alpha value is -3.60. The lowest BCUT2D eigenvalue weighted by Gasteiger charge is -2.26. The molecule has 1 saturated heterocycles. The predicted molar refractivity (Wildman–Crippen MR) is 117 cm³/mol. The molecule has 0 atom stereocenters. The number of nitrogens with zero attached hydrogens (tertiary/aromatic N) is 3. The van der Waals surface area contributed by atoms with Gasteiger partial charge in [-0.15, -0.1) is 0 Å². The first-order valence-corrected chi connectivity index (χ1v) is 10.4. The number of quaternary nitrogens is 1. The van der Waals surface area contributed by atoms with Gasteiger partial charge < -0.3 is 9.72 Å². The minimum absolute atomic E-state index is 0.387. The topological polar surface area (TPSA) is 116 Å². The summed E-state index contributed by atoms with van der Waals surface area (Å²) in [6.07, 6.45) is 1.52. The maximum atomic E-state index is 13.4. The number of hydrogen-bond acceptors (Lipinski definition) is 5. The summed E-state index contributed by atoms with van der Waals surface area (Å²) in [5.41, 5.74) is 4.45. The number of fused-ring (bicyclic) bond motifs is 1. The Morgan fingerprint density at radius 3 is 2.94 bits per heavy atom. The molecule has 3 heterocycles. The number of carbonyl (C=O) groups is 1. The Balaban J connectivity index is 1.32. The van der Waals surface area contributed by atoms with Gasteiger partial charge in [0.2, 0.25) is 0 Å². The Morgan fingerprint density at radius 2 is 2.09 bits per heavy atom. The van der Waals surface area contributed by atoms with Crippen LogP contribution in [0.25, 0.3) is 22.6 Å². The van der Waals surface area contributed by atoms with E-state index >= 15 is 0 Å². The molecular weight excluding hydrogens is 413 g/mol. The number of aromatic amines is 2. The first-order chi connectivity index (χ1) is 15.6. The molecule has 0 spiro atoms. The standard InChI is InChI=1S/C22H22FN7O2/c23-15-2-1-3-16(11-15)25-22(31)28-19-12-24-29-20(19)21-26-17-5-4-14(10-18(17)27-21)13-30-6-8-32-9-7-30/h1-5,10-12H,6-9,13H2,(H,24,29)(H,26,27)(H2,25,28,31)/p+1. The zero-order chi connectivity index (χ0) is 21.9. The number of morpholine rings is 1. The van der Waals surface area contributed by atoms with Crippen LogP contribution in [-0.2, 0) is 11.3 Å². The van der Waals surface area contributed by atoms with E-state index in [4.69, 9.17) is 4.74 Å². The minimum Gasteiger partial charge on any atom is -0.379 e. The van der Waals surface area contributed by atoms with Gasteiger partial charge in [0.1, 0.15) is 17.2 Å². The zero-order valence-electron chi connectivity index (χ0n) is 17.3. The number of primary amides is 1. The lowest BCUT2D eigenvalue weighted by molar-refractivity contribution is -0.459. The van der Waals surface area contributed by atoms with Crippen LogP contribution >= 0.6 is 0 Å². The summed E-state index contributed by atoms with van der Waals surface area (Å²) in [4.78, 5) is 22.7. The molecule has 2 aromatic carbocycles. The zero-order valence-corrected chi connectivity index (χ0v) is 17.3. The second-order valence-electron chi connectivity index (χ2n) is 7.67. The van der Waals surface area contributed by atoms with E-state index in [2.05, 4.69) is 42.5 Å². The van der Waals surface area contributed by atoms with E-state index in [0.29, 0.717) is 22.9 Å². The van der Waals surface area contributed by atoms with E-state index in [0.717, 1.165) is 43.9 Å². The summed E-state index contributed by atoms with van der Waals surface area (Å²) < 4.78 is 18.8. The van der Waals surface area contributed by atoms with Gasteiger partial charge in [-0.3, -0.25) is 15.3 Å². The molecular formula is C22H23FN7O2+. The molecule has 5 rings (SSSR count). The highest BCUT2D eigenvalue weighted by atomic mass is 19.1. The number of urea groups is 1. The Kier molecular flexibility index (Phi) is 5.63. The molecule has 5 N–H and O–H groups in total. The summed E-state index contributed by atoms with van der Waals surface area (Å²) in [6.45, 7) is 4.24. The van der Waals surface area contributed by atoms with Crippen molar-refractivity contribution in [2.24, 2.45) is 0 Å².